The van der Waals surface area contributed by atoms with E-state index in [9.17, 15) is 9.59 Å². The number of hydrogen-bond acceptors (Lipinski definition) is 3. The summed E-state index contributed by atoms with van der Waals surface area (Å²) in [5, 5.41) is 2.86. The molecule has 1 aliphatic heterocycles. The van der Waals surface area contributed by atoms with Crippen molar-refractivity contribution in [3.05, 3.63) is 0 Å². The third-order valence-electron chi connectivity index (χ3n) is 3.82. The van der Waals surface area contributed by atoms with Crippen molar-refractivity contribution in [2.75, 3.05) is 26.3 Å². The maximum absolute atomic E-state index is 12.1. The molecule has 1 aliphatic carbocycles. The summed E-state index contributed by atoms with van der Waals surface area (Å²) in [4.78, 5) is 25.5. The van der Waals surface area contributed by atoms with Crippen molar-refractivity contribution in [3.63, 3.8) is 0 Å². The monoisotopic (exact) mass is 255 g/mol. The molecule has 2 aliphatic rings. The van der Waals surface area contributed by atoms with E-state index >= 15 is 0 Å². The predicted molar refractivity (Wildman–Crippen MR) is 65.9 cm³/mol. The number of ether oxygens (including phenoxy) is 1. The summed E-state index contributed by atoms with van der Waals surface area (Å²) in [6.45, 7) is 2.25. The van der Waals surface area contributed by atoms with Crippen molar-refractivity contribution in [1.29, 1.82) is 0 Å². The fourth-order valence-corrected chi connectivity index (χ4v) is 2.64. The van der Waals surface area contributed by atoms with Crippen molar-refractivity contribution in [2.24, 2.45) is 5.73 Å². The summed E-state index contributed by atoms with van der Waals surface area (Å²) in [7, 11) is 0. The molecule has 3 N–H and O–H groups in total. The Labute approximate surface area is 107 Å². The molecule has 0 aromatic carbocycles. The first kappa shape index (κ1) is 13.1. The van der Waals surface area contributed by atoms with E-state index < -0.39 is 11.4 Å². The molecule has 0 aromatic rings. The van der Waals surface area contributed by atoms with Gasteiger partial charge in [0.05, 0.1) is 13.2 Å². The van der Waals surface area contributed by atoms with Crippen LogP contribution in [-0.4, -0.2) is 48.7 Å². The van der Waals surface area contributed by atoms with Crippen molar-refractivity contribution in [1.82, 2.24) is 10.2 Å². The fourth-order valence-electron chi connectivity index (χ4n) is 2.64. The molecule has 3 amide bonds. The van der Waals surface area contributed by atoms with Crippen LogP contribution in [0.25, 0.3) is 0 Å². The SMILES string of the molecule is NC(=O)C1(NC(=O)N2CCOCC2)CCCCC1. The van der Waals surface area contributed by atoms with Crippen LogP contribution in [0, 0.1) is 0 Å². The third-order valence-corrected chi connectivity index (χ3v) is 3.82. The van der Waals surface area contributed by atoms with Crippen LogP contribution in [0.3, 0.4) is 0 Å². The molecule has 0 bridgehead atoms. The second-order valence-corrected chi connectivity index (χ2v) is 5.04. The zero-order valence-corrected chi connectivity index (χ0v) is 10.6. The molecule has 1 saturated heterocycles. The number of carbonyl (C=O) groups excluding carboxylic acids is 2. The average molecular weight is 255 g/mol. The predicted octanol–water partition coefficient (Wildman–Crippen LogP) is 0.216. The van der Waals surface area contributed by atoms with Crippen molar-refractivity contribution >= 4 is 11.9 Å². The number of rotatable bonds is 2. The lowest BCUT2D eigenvalue weighted by molar-refractivity contribution is -0.125. The standard InChI is InChI=1S/C12H21N3O3/c13-10(16)12(4-2-1-3-5-12)14-11(17)15-6-8-18-9-7-15/h1-9H2,(H2,13,16)(H,14,17). The van der Waals surface area contributed by atoms with E-state index in [-0.39, 0.29) is 6.03 Å². The summed E-state index contributed by atoms with van der Waals surface area (Å²) in [5.74, 6) is -0.413. The first-order chi connectivity index (χ1) is 8.64. The molecule has 2 rings (SSSR count). The van der Waals surface area contributed by atoms with E-state index in [1.54, 1.807) is 4.90 Å². The van der Waals surface area contributed by atoms with Crippen LogP contribution >= 0.6 is 0 Å². The minimum atomic E-state index is -0.840. The first-order valence-electron chi connectivity index (χ1n) is 6.59. The third kappa shape index (κ3) is 2.75. The zero-order chi connectivity index (χ0) is 13.0. The Kier molecular flexibility index (Phi) is 4.06. The van der Waals surface area contributed by atoms with Crippen LogP contribution < -0.4 is 11.1 Å². The number of amides is 3. The quantitative estimate of drug-likeness (QED) is 0.740. The lowest BCUT2D eigenvalue weighted by Gasteiger charge is -2.37. The largest absolute Gasteiger partial charge is 0.378 e. The molecule has 1 heterocycles. The molecule has 1 saturated carbocycles. The molecular weight excluding hydrogens is 234 g/mol. The molecule has 6 heteroatoms. The highest BCUT2D eigenvalue weighted by atomic mass is 16.5. The van der Waals surface area contributed by atoms with Gasteiger partial charge in [-0.15, -0.1) is 0 Å². The Bertz CT molecular complexity index is 321. The number of nitrogens with one attached hydrogen (secondary N) is 1. The Morgan fingerprint density at radius 1 is 1.11 bits per heavy atom. The van der Waals surface area contributed by atoms with Gasteiger partial charge in [0, 0.05) is 13.1 Å². The van der Waals surface area contributed by atoms with Gasteiger partial charge in [-0.2, -0.15) is 0 Å². The van der Waals surface area contributed by atoms with Crippen LogP contribution in [-0.2, 0) is 9.53 Å². The van der Waals surface area contributed by atoms with Crippen molar-refractivity contribution in [3.8, 4) is 0 Å². The van der Waals surface area contributed by atoms with E-state index in [0.717, 1.165) is 19.3 Å². The normalized spacial score (nSPS) is 23.4. The molecule has 0 unspecified atom stereocenters. The van der Waals surface area contributed by atoms with Crippen LogP contribution in [0.2, 0.25) is 0 Å². The van der Waals surface area contributed by atoms with Crippen molar-refractivity contribution in [2.45, 2.75) is 37.6 Å². The summed E-state index contributed by atoms with van der Waals surface area (Å²) >= 11 is 0. The molecule has 2 fully saturated rings. The van der Waals surface area contributed by atoms with Gasteiger partial charge in [-0.05, 0) is 12.8 Å². The second-order valence-electron chi connectivity index (χ2n) is 5.04. The lowest BCUT2D eigenvalue weighted by Crippen LogP contribution is -2.61. The van der Waals surface area contributed by atoms with Gasteiger partial charge in [0.15, 0.2) is 0 Å². The van der Waals surface area contributed by atoms with Gasteiger partial charge in [0.1, 0.15) is 5.54 Å². The topological polar surface area (TPSA) is 84.7 Å². The number of nitrogens with zero attached hydrogens (tertiary/aromatic N) is 1. The van der Waals surface area contributed by atoms with Gasteiger partial charge in [-0.1, -0.05) is 19.3 Å². The Hall–Kier alpha value is -1.30. The minimum Gasteiger partial charge on any atom is -0.378 e. The number of nitrogens with two attached hydrogens (primary N) is 1. The molecular formula is C12H21N3O3. The van der Waals surface area contributed by atoms with E-state index in [1.165, 1.54) is 0 Å². The van der Waals surface area contributed by atoms with E-state index in [1.807, 2.05) is 0 Å². The highest BCUT2D eigenvalue weighted by Crippen LogP contribution is 2.28. The fraction of sp³-hybridized carbons (Fsp3) is 0.833. The van der Waals surface area contributed by atoms with Gasteiger partial charge >= 0.3 is 6.03 Å². The number of primary amides is 1. The van der Waals surface area contributed by atoms with Gasteiger partial charge in [0.25, 0.3) is 0 Å². The minimum absolute atomic E-state index is 0.195. The molecule has 18 heavy (non-hydrogen) atoms. The van der Waals surface area contributed by atoms with E-state index in [2.05, 4.69) is 5.32 Å². The summed E-state index contributed by atoms with van der Waals surface area (Å²) in [6.07, 6.45) is 4.28. The van der Waals surface area contributed by atoms with Crippen molar-refractivity contribution < 1.29 is 14.3 Å². The lowest BCUT2D eigenvalue weighted by atomic mass is 9.81. The van der Waals surface area contributed by atoms with Crippen LogP contribution in [0.4, 0.5) is 4.79 Å². The average Bonchev–Trinajstić information content (AvgIpc) is 2.40. The maximum atomic E-state index is 12.1. The highest BCUT2D eigenvalue weighted by molar-refractivity contribution is 5.90. The summed E-state index contributed by atoms with van der Waals surface area (Å²) < 4.78 is 5.20. The summed E-state index contributed by atoms with van der Waals surface area (Å²) in [5.41, 5.74) is 4.64. The molecule has 0 aromatic heterocycles. The smallest absolute Gasteiger partial charge is 0.318 e. The van der Waals surface area contributed by atoms with Gasteiger partial charge in [-0.25, -0.2) is 4.79 Å². The second kappa shape index (κ2) is 5.56. The molecule has 6 nitrogen and oxygen atoms in total. The van der Waals surface area contributed by atoms with Gasteiger partial charge < -0.3 is 20.7 Å². The Morgan fingerprint density at radius 2 is 1.72 bits per heavy atom. The summed E-state index contributed by atoms with van der Waals surface area (Å²) in [6, 6.07) is -0.195. The Morgan fingerprint density at radius 3 is 2.28 bits per heavy atom. The zero-order valence-electron chi connectivity index (χ0n) is 10.6. The number of morpholine rings is 1. The van der Waals surface area contributed by atoms with Crippen LogP contribution in [0.5, 0.6) is 0 Å². The van der Waals surface area contributed by atoms with E-state index in [4.69, 9.17) is 10.5 Å². The number of carbonyl (C=O) groups is 2. The molecule has 0 radical (unpaired) electrons. The molecule has 0 atom stereocenters. The van der Waals surface area contributed by atoms with E-state index in [0.29, 0.717) is 39.1 Å². The van der Waals surface area contributed by atoms with Gasteiger partial charge in [-0.3, -0.25) is 4.79 Å². The number of urea groups is 1. The van der Waals surface area contributed by atoms with Crippen LogP contribution in [0.15, 0.2) is 0 Å². The highest BCUT2D eigenvalue weighted by Gasteiger charge is 2.40. The number of hydrogen-bond donors (Lipinski definition) is 2. The maximum Gasteiger partial charge on any atom is 0.318 e. The molecule has 0 spiro atoms. The van der Waals surface area contributed by atoms with Gasteiger partial charge in [0.2, 0.25) is 5.91 Å². The first-order valence-corrected chi connectivity index (χ1v) is 6.59. The Balaban J connectivity index is 1.99. The van der Waals surface area contributed by atoms with Crippen LogP contribution in [0.1, 0.15) is 32.1 Å². The molecule has 102 valence electrons.